The number of carboxylic acid groups (broad SMARTS) is 1. The highest BCUT2D eigenvalue weighted by molar-refractivity contribution is 5.71. The van der Waals surface area contributed by atoms with Gasteiger partial charge < -0.3 is 24.4 Å². The Morgan fingerprint density at radius 1 is 1.17 bits per heavy atom. The van der Waals surface area contributed by atoms with Crippen LogP contribution in [0.4, 0.5) is 0 Å². The fraction of sp³-hybridized carbons (Fsp3) is 0.818. The van der Waals surface area contributed by atoms with Crippen molar-refractivity contribution in [1.82, 2.24) is 0 Å². The lowest BCUT2D eigenvalue weighted by Gasteiger charge is -2.16. The van der Waals surface area contributed by atoms with E-state index in [0.717, 1.165) is 0 Å². The lowest BCUT2D eigenvalue weighted by Crippen LogP contribution is -2.34. The summed E-state index contributed by atoms with van der Waals surface area (Å²) in [4.78, 5) is 21.8. The predicted octanol–water partition coefficient (Wildman–Crippen LogP) is -0.688. The van der Waals surface area contributed by atoms with Gasteiger partial charge >= 0.3 is 11.9 Å². The molecule has 2 rings (SSSR count). The molecule has 2 N–H and O–H groups in total. The highest BCUT2D eigenvalue weighted by Gasteiger charge is 2.48. The molecule has 0 unspecified atom stereocenters. The van der Waals surface area contributed by atoms with Crippen LogP contribution in [-0.4, -0.2) is 59.8 Å². The predicted molar refractivity (Wildman–Crippen MR) is 56.9 cm³/mol. The van der Waals surface area contributed by atoms with Gasteiger partial charge in [0.05, 0.1) is 13.2 Å². The second-order valence-electron chi connectivity index (χ2n) is 4.44. The zero-order chi connectivity index (χ0) is 13.1. The maximum absolute atomic E-state index is 11.5. The molecule has 18 heavy (non-hydrogen) atoms. The van der Waals surface area contributed by atoms with Crippen LogP contribution < -0.4 is 0 Å². The van der Waals surface area contributed by atoms with Gasteiger partial charge in [0.15, 0.2) is 6.10 Å². The Bertz CT molecular complexity index is 329. The van der Waals surface area contributed by atoms with Crippen LogP contribution in [0.25, 0.3) is 0 Å². The van der Waals surface area contributed by atoms with E-state index in [1.165, 1.54) is 0 Å². The van der Waals surface area contributed by atoms with Crippen molar-refractivity contribution in [3.8, 4) is 0 Å². The fourth-order valence-corrected chi connectivity index (χ4v) is 2.16. The highest BCUT2D eigenvalue weighted by atomic mass is 16.6. The number of hydrogen-bond donors (Lipinski definition) is 2. The van der Waals surface area contributed by atoms with E-state index in [2.05, 4.69) is 0 Å². The van der Waals surface area contributed by atoms with Gasteiger partial charge in [-0.2, -0.15) is 0 Å². The number of aliphatic hydroxyl groups excluding tert-OH is 1. The normalized spacial score (nSPS) is 34.3. The average molecular weight is 260 g/mol. The smallest absolute Gasteiger partial charge is 0.306 e. The third-order valence-electron chi connectivity index (χ3n) is 3.04. The number of hydrogen-bond acceptors (Lipinski definition) is 6. The second kappa shape index (κ2) is 5.64. The van der Waals surface area contributed by atoms with Crippen LogP contribution in [0.3, 0.4) is 0 Å². The van der Waals surface area contributed by atoms with E-state index < -0.39 is 36.4 Å². The Balaban J connectivity index is 1.73. The van der Waals surface area contributed by atoms with E-state index in [1.807, 2.05) is 0 Å². The molecule has 4 atom stereocenters. The SMILES string of the molecule is O=C(O)CCCC(=O)O[C@H]1CO[C@H]2[C@@H]1OC[C@@H]2O. The van der Waals surface area contributed by atoms with Crippen LogP contribution >= 0.6 is 0 Å². The Morgan fingerprint density at radius 2 is 1.89 bits per heavy atom. The van der Waals surface area contributed by atoms with Crippen LogP contribution in [0.5, 0.6) is 0 Å². The van der Waals surface area contributed by atoms with Gasteiger partial charge in [-0.25, -0.2) is 0 Å². The monoisotopic (exact) mass is 260 g/mol. The summed E-state index contributed by atoms with van der Waals surface area (Å²) < 4.78 is 15.8. The lowest BCUT2D eigenvalue weighted by atomic mass is 10.1. The van der Waals surface area contributed by atoms with E-state index >= 15 is 0 Å². The first-order valence-electron chi connectivity index (χ1n) is 5.90. The average Bonchev–Trinajstić information content (AvgIpc) is 2.83. The van der Waals surface area contributed by atoms with Gasteiger partial charge in [0.2, 0.25) is 0 Å². The summed E-state index contributed by atoms with van der Waals surface area (Å²) >= 11 is 0. The van der Waals surface area contributed by atoms with Crippen molar-refractivity contribution in [2.45, 2.75) is 43.7 Å². The number of fused-ring (bicyclic) bond motifs is 1. The van der Waals surface area contributed by atoms with Crippen LogP contribution in [0.15, 0.2) is 0 Å². The van der Waals surface area contributed by atoms with Gasteiger partial charge in [0.25, 0.3) is 0 Å². The molecular weight excluding hydrogens is 244 g/mol. The van der Waals surface area contributed by atoms with Gasteiger partial charge in [-0.1, -0.05) is 0 Å². The van der Waals surface area contributed by atoms with Crippen molar-refractivity contribution >= 4 is 11.9 Å². The van der Waals surface area contributed by atoms with E-state index in [0.29, 0.717) is 0 Å². The summed E-state index contributed by atoms with van der Waals surface area (Å²) in [7, 11) is 0. The van der Waals surface area contributed by atoms with Crippen molar-refractivity contribution in [2.24, 2.45) is 0 Å². The van der Waals surface area contributed by atoms with Gasteiger partial charge in [-0.05, 0) is 6.42 Å². The molecule has 0 amide bonds. The molecule has 0 aliphatic carbocycles. The maximum Gasteiger partial charge on any atom is 0.306 e. The third-order valence-corrected chi connectivity index (χ3v) is 3.04. The number of carbonyl (C=O) groups is 2. The molecule has 0 aromatic rings. The molecule has 0 aromatic carbocycles. The van der Waals surface area contributed by atoms with Gasteiger partial charge in [0.1, 0.15) is 18.3 Å². The topological polar surface area (TPSA) is 102 Å². The zero-order valence-corrected chi connectivity index (χ0v) is 9.78. The summed E-state index contributed by atoms with van der Waals surface area (Å²) in [5.74, 6) is -1.40. The van der Waals surface area contributed by atoms with Gasteiger partial charge in [-0.3, -0.25) is 9.59 Å². The number of aliphatic hydroxyl groups is 1. The van der Waals surface area contributed by atoms with Crippen LogP contribution in [-0.2, 0) is 23.8 Å². The third kappa shape index (κ3) is 2.98. The number of carbonyl (C=O) groups excluding carboxylic acids is 1. The first-order valence-corrected chi connectivity index (χ1v) is 5.90. The van der Waals surface area contributed by atoms with Crippen LogP contribution in [0.2, 0.25) is 0 Å². The van der Waals surface area contributed by atoms with E-state index in [4.69, 9.17) is 19.3 Å². The van der Waals surface area contributed by atoms with Gasteiger partial charge in [0, 0.05) is 12.8 Å². The quantitative estimate of drug-likeness (QED) is 0.631. The molecule has 2 heterocycles. The minimum Gasteiger partial charge on any atom is -0.481 e. The zero-order valence-electron chi connectivity index (χ0n) is 9.78. The fourth-order valence-electron chi connectivity index (χ4n) is 2.16. The van der Waals surface area contributed by atoms with Crippen molar-refractivity contribution in [3.05, 3.63) is 0 Å². The summed E-state index contributed by atoms with van der Waals surface area (Å²) in [6.45, 7) is 0.388. The number of esters is 1. The molecule has 0 radical (unpaired) electrons. The highest BCUT2D eigenvalue weighted by Crippen LogP contribution is 2.28. The van der Waals surface area contributed by atoms with Crippen molar-refractivity contribution < 1.29 is 34.0 Å². The van der Waals surface area contributed by atoms with Crippen LogP contribution in [0.1, 0.15) is 19.3 Å². The molecule has 2 fully saturated rings. The Kier molecular flexibility index (Phi) is 4.15. The van der Waals surface area contributed by atoms with Gasteiger partial charge in [-0.15, -0.1) is 0 Å². The molecule has 7 heteroatoms. The molecule has 2 aliphatic heterocycles. The summed E-state index contributed by atoms with van der Waals surface area (Å²) in [5, 5.41) is 17.9. The van der Waals surface area contributed by atoms with Crippen molar-refractivity contribution in [3.63, 3.8) is 0 Å². The summed E-state index contributed by atoms with van der Waals surface area (Å²) in [6, 6.07) is 0. The molecule has 0 spiro atoms. The Morgan fingerprint density at radius 3 is 2.61 bits per heavy atom. The minimum atomic E-state index is -0.936. The van der Waals surface area contributed by atoms with Crippen molar-refractivity contribution in [1.29, 1.82) is 0 Å². The van der Waals surface area contributed by atoms with E-state index in [1.54, 1.807) is 0 Å². The lowest BCUT2D eigenvalue weighted by molar-refractivity contribution is -0.154. The molecule has 0 aromatic heterocycles. The van der Waals surface area contributed by atoms with E-state index in [-0.39, 0.29) is 32.5 Å². The molecular formula is C11H16O7. The number of ether oxygens (including phenoxy) is 3. The molecule has 0 bridgehead atoms. The van der Waals surface area contributed by atoms with E-state index in [9.17, 15) is 14.7 Å². The standard InChI is InChI=1S/C11H16O7/c12-6-4-16-11-7(5-17-10(6)11)18-9(15)3-1-2-8(13)14/h6-7,10-12H,1-5H2,(H,13,14)/t6-,7-,10+,11+/m0/s1. The van der Waals surface area contributed by atoms with Crippen LogP contribution in [0, 0.1) is 0 Å². The van der Waals surface area contributed by atoms with Crippen molar-refractivity contribution in [2.75, 3.05) is 13.2 Å². The molecule has 0 saturated carbocycles. The molecule has 2 saturated heterocycles. The molecule has 2 aliphatic rings. The molecule has 102 valence electrons. The molecule has 7 nitrogen and oxygen atoms in total. The Labute approximate surface area is 104 Å². The number of carboxylic acids is 1. The summed E-state index contributed by atoms with van der Waals surface area (Å²) in [6.07, 6.45) is -1.78. The number of rotatable bonds is 5. The first-order chi connectivity index (χ1) is 8.58. The number of aliphatic carboxylic acids is 1. The second-order valence-corrected chi connectivity index (χ2v) is 4.44. The summed E-state index contributed by atoms with van der Waals surface area (Å²) in [5.41, 5.74) is 0. The largest absolute Gasteiger partial charge is 0.481 e. The first kappa shape index (κ1) is 13.3. The Hall–Kier alpha value is -1.18. The maximum atomic E-state index is 11.5. The minimum absolute atomic E-state index is 0.0580.